The van der Waals surface area contributed by atoms with Crippen LogP contribution in [0.15, 0.2) is 18.2 Å². The monoisotopic (exact) mass is 249 g/mol. The van der Waals surface area contributed by atoms with Crippen LogP contribution in [0.5, 0.6) is 5.75 Å². The molecule has 17 heavy (non-hydrogen) atoms. The lowest BCUT2D eigenvalue weighted by molar-refractivity contribution is 0.164. The number of hydrogen-bond acceptors (Lipinski definition) is 3. The van der Waals surface area contributed by atoms with Crippen molar-refractivity contribution >= 4 is 23.3 Å². The molecule has 2 heterocycles. The first kappa shape index (κ1) is 10.8. The van der Waals surface area contributed by atoms with Crippen LogP contribution in [-0.2, 0) is 0 Å². The second kappa shape index (κ2) is 4.50. The Morgan fingerprint density at radius 1 is 1.18 bits per heavy atom. The quantitative estimate of drug-likeness (QED) is 0.716. The number of para-hydroxylation sites is 1. The number of aromatic nitrogens is 2. The van der Waals surface area contributed by atoms with Gasteiger partial charge in [0.2, 0.25) is 0 Å². The summed E-state index contributed by atoms with van der Waals surface area (Å²) in [5, 5.41) is 3.33. The maximum atomic E-state index is 6.04. The lowest BCUT2D eigenvalue weighted by atomic mass is 10.1. The second-order valence-electron chi connectivity index (χ2n) is 4.33. The zero-order chi connectivity index (χ0) is 11.7. The van der Waals surface area contributed by atoms with Crippen molar-refractivity contribution in [3.8, 4) is 5.75 Å². The van der Waals surface area contributed by atoms with Gasteiger partial charge in [0.15, 0.2) is 4.77 Å². The number of H-pyrrole nitrogens is 2. The van der Waals surface area contributed by atoms with E-state index in [-0.39, 0.29) is 0 Å². The smallest absolute Gasteiger partial charge is 0.175 e. The maximum Gasteiger partial charge on any atom is 0.175 e. The van der Waals surface area contributed by atoms with E-state index in [1.807, 2.05) is 18.2 Å². The molecule has 1 fully saturated rings. The number of piperidine rings is 1. The van der Waals surface area contributed by atoms with E-state index >= 15 is 0 Å². The predicted octanol–water partition coefficient (Wildman–Crippen LogP) is 2.36. The molecule has 0 amide bonds. The molecule has 1 aliphatic rings. The summed E-state index contributed by atoms with van der Waals surface area (Å²) in [4.78, 5) is 6.24. The van der Waals surface area contributed by atoms with Crippen molar-refractivity contribution in [3.63, 3.8) is 0 Å². The SMILES string of the molecule is S=c1[nH]c2cccc(OC3CCNCC3)c2[nH]1. The number of rotatable bonds is 2. The van der Waals surface area contributed by atoms with Crippen LogP contribution in [0.4, 0.5) is 0 Å². The van der Waals surface area contributed by atoms with Crippen LogP contribution in [0.2, 0.25) is 0 Å². The number of hydrogen-bond donors (Lipinski definition) is 3. The molecule has 0 aliphatic carbocycles. The van der Waals surface area contributed by atoms with E-state index in [4.69, 9.17) is 17.0 Å². The molecule has 0 radical (unpaired) electrons. The van der Waals surface area contributed by atoms with E-state index in [2.05, 4.69) is 15.3 Å². The summed E-state index contributed by atoms with van der Waals surface area (Å²) in [6.45, 7) is 2.06. The Labute approximate surface area is 104 Å². The van der Waals surface area contributed by atoms with Crippen molar-refractivity contribution in [2.75, 3.05) is 13.1 Å². The van der Waals surface area contributed by atoms with Gasteiger partial charge in [0.05, 0.1) is 5.52 Å². The molecule has 0 bridgehead atoms. The third-order valence-corrected chi connectivity index (χ3v) is 3.30. The van der Waals surface area contributed by atoms with Crippen molar-refractivity contribution in [2.45, 2.75) is 18.9 Å². The largest absolute Gasteiger partial charge is 0.488 e. The number of ether oxygens (including phenoxy) is 1. The lowest BCUT2D eigenvalue weighted by Gasteiger charge is -2.23. The molecule has 3 N–H and O–H groups in total. The Morgan fingerprint density at radius 3 is 2.82 bits per heavy atom. The Bertz CT molecular complexity index is 568. The first-order valence-electron chi connectivity index (χ1n) is 5.91. The van der Waals surface area contributed by atoms with Crippen LogP contribution in [0.25, 0.3) is 11.0 Å². The summed E-state index contributed by atoms with van der Waals surface area (Å²) >= 11 is 5.10. The van der Waals surface area contributed by atoms with Crippen molar-refractivity contribution in [1.82, 2.24) is 15.3 Å². The zero-order valence-corrected chi connectivity index (χ0v) is 10.3. The van der Waals surface area contributed by atoms with Crippen LogP contribution in [-0.4, -0.2) is 29.2 Å². The highest BCUT2D eigenvalue weighted by molar-refractivity contribution is 7.71. The normalized spacial score (nSPS) is 17.4. The van der Waals surface area contributed by atoms with Gasteiger partial charge in [-0.2, -0.15) is 0 Å². The van der Waals surface area contributed by atoms with E-state index in [0.29, 0.717) is 10.9 Å². The number of fused-ring (bicyclic) bond motifs is 1. The summed E-state index contributed by atoms with van der Waals surface area (Å²) in [6.07, 6.45) is 2.42. The van der Waals surface area contributed by atoms with Crippen molar-refractivity contribution < 1.29 is 4.74 Å². The number of benzene rings is 1. The highest BCUT2D eigenvalue weighted by atomic mass is 32.1. The van der Waals surface area contributed by atoms with Crippen LogP contribution < -0.4 is 10.1 Å². The molecule has 1 aliphatic heterocycles. The van der Waals surface area contributed by atoms with Crippen LogP contribution in [0.1, 0.15) is 12.8 Å². The van der Waals surface area contributed by atoms with Crippen molar-refractivity contribution in [1.29, 1.82) is 0 Å². The third-order valence-electron chi connectivity index (χ3n) is 3.09. The summed E-state index contributed by atoms with van der Waals surface area (Å²) in [5.74, 6) is 0.891. The summed E-state index contributed by atoms with van der Waals surface area (Å²) in [6, 6.07) is 5.97. The van der Waals surface area contributed by atoms with E-state index in [1.165, 1.54) is 0 Å². The molecule has 3 rings (SSSR count). The van der Waals surface area contributed by atoms with Gasteiger partial charge in [0, 0.05) is 0 Å². The van der Waals surface area contributed by atoms with Gasteiger partial charge in [-0.25, -0.2) is 0 Å². The Kier molecular flexibility index (Phi) is 2.86. The first-order valence-corrected chi connectivity index (χ1v) is 6.32. The lowest BCUT2D eigenvalue weighted by Crippen LogP contribution is -2.34. The third kappa shape index (κ3) is 2.21. The van der Waals surface area contributed by atoms with Gasteiger partial charge >= 0.3 is 0 Å². The first-order chi connectivity index (χ1) is 8.33. The molecule has 1 saturated heterocycles. The molecular weight excluding hydrogens is 234 g/mol. The molecule has 1 aromatic carbocycles. The number of imidazole rings is 1. The van der Waals surface area contributed by atoms with Gasteiger partial charge in [-0.3, -0.25) is 0 Å². The molecule has 0 unspecified atom stereocenters. The molecule has 0 saturated carbocycles. The molecule has 0 spiro atoms. The highest BCUT2D eigenvalue weighted by Gasteiger charge is 2.15. The van der Waals surface area contributed by atoms with Crippen LogP contribution in [0, 0.1) is 4.77 Å². The fraction of sp³-hybridized carbons (Fsp3) is 0.417. The summed E-state index contributed by atoms with van der Waals surface area (Å²) < 4.78 is 6.68. The van der Waals surface area contributed by atoms with Gasteiger partial charge in [0.1, 0.15) is 17.4 Å². The molecule has 4 nitrogen and oxygen atoms in total. The molecule has 2 aromatic rings. The average Bonchev–Trinajstić information content (AvgIpc) is 2.72. The molecule has 1 aromatic heterocycles. The summed E-state index contributed by atoms with van der Waals surface area (Å²) in [5.41, 5.74) is 1.97. The second-order valence-corrected chi connectivity index (χ2v) is 4.73. The molecular formula is C12H15N3OS. The minimum Gasteiger partial charge on any atom is -0.488 e. The van der Waals surface area contributed by atoms with Gasteiger partial charge in [-0.05, 0) is 50.3 Å². The van der Waals surface area contributed by atoms with Crippen LogP contribution in [0.3, 0.4) is 0 Å². The fourth-order valence-electron chi connectivity index (χ4n) is 2.22. The molecule has 0 atom stereocenters. The van der Waals surface area contributed by atoms with Gasteiger partial charge in [0.25, 0.3) is 0 Å². The van der Waals surface area contributed by atoms with Crippen molar-refractivity contribution in [2.24, 2.45) is 0 Å². The fourth-order valence-corrected chi connectivity index (χ4v) is 2.43. The minimum absolute atomic E-state index is 0.304. The predicted molar refractivity (Wildman–Crippen MR) is 70.0 cm³/mol. The minimum atomic E-state index is 0.304. The van der Waals surface area contributed by atoms with E-state index in [9.17, 15) is 0 Å². The number of aromatic amines is 2. The average molecular weight is 249 g/mol. The Balaban J connectivity index is 1.91. The molecule has 90 valence electrons. The summed E-state index contributed by atoms with van der Waals surface area (Å²) in [7, 11) is 0. The van der Waals surface area contributed by atoms with Crippen LogP contribution >= 0.6 is 12.2 Å². The Morgan fingerprint density at radius 2 is 2.00 bits per heavy atom. The highest BCUT2D eigenvalue weighted by Crippen LogP contribution is 2.25. The number of nitrogens with one attached hydrogen (secondary N) is 3. The Hall–Kier alpha value is -1.33. The zero-order valence-electron chi connectivity index (χ0n) is 9.45. The van der Waals surface area contributed by atoms with E-state index in [0.717, 1.165) is 42.7 Å². The van der Waals surface area contributed by atoms with Gasteiger partial charge in [-0.15, -0.1) is 0 Å². The van der Waals surface area contributed by atoms with Gasteiger partial charge in [-0.1, -0.05) is 6.07 Å². The van der Waals surface area contributed by atoms with E-state index in [1.54, 1.807) is 0 Å². The van der Waals surface area contributed by atoms with Gasteiger partial charge < -0.3 is 20.0 Å². The molecule has 5 heteroatoms. The van der Waals surface area contributed by atoms with Crippen molar-refractivity contribution in [3.05, 3.63) is 23.0 Å². The topological polar surface area (TPSA) is 52.8 Å². The standard InChI is InChI=1S/C12H15N3OS/c17-12-14-9-2-1-3-10(11(9)15-12)16-8-4-6-13-7-5-8/h1-3,8,13H,4-7H2,(H2,14,15,17). The van der Waals surface area contributed by atoms with E-state index < -0.39 is 0 Å². The maximum absolute atomic E-state index is 6.04.